The smallest absolute Gasteiger partial charge is 0.0584 e. The van der Waals surface area contributed by atoms with Crippen LogP contribution in [0.15, 0.2) is 0 Å². The van der Waals surface area contributed by atoms with Crippen LogP contribution in [-0.2, 0) is 0 Å². The number of nitrogens with one attached hydrogen (secondary N) is 1. The van der Waals surface area contributed by atoms with Crippen molar-refractivity contribution in [1.82, 2.24) is 5.32 Å². The van der Waals surface area contributed by atoms with E-state index in [0.29, 0.717) is 18.1 Å². The molecular formula is C14H25NO. The van der Waals surface area contributed by atoms with E-state index in [1.54, 1.807) is 0 Å². The number of likely N-dealkylation sites (N-methyl/N-ethyl adjacent to an activating group) is 1. The molecule has 4 aliphatic rings. The molecule has 0 saturated heterocycles. The maximum atomic E-state index is 9.37. The van der Waals surface area contributed by atoms with Crippen molar-refractivity contribution in [2.75, 3.05) is 13.7 Å². The molecule has 2 N–H and O–H groups in total. The van der Waals surface area contributed by atoms with Crippen LogP contribution in [0.2, 0.25) is 0 Å². The highest BCUT2D eigenvalue weighted by Gasteiger charge is 2.51. The summed E-state index contributed by atoms with van der Waals surface area (Å²) in [6.07, 6.45) is 10.1. The van der Waals surface area contributed by atoms with Crippen LogP contribution in [-0.4, -0.2) is 24.8 Å². The van der Waals surface area contributed by atoms with Crippen molar-refractivity contribution in [2.24, 2.45) is 23.2 Å². The second kappa shape index (κ2) is 3.99. The van der Waals surface area contributed by atoms with Crippen molar-refractivity contribution in [1.29, 1.82) is 0 Å². The average molecular weight is 223 g/mol. The number of aliphatic hydroxyl groups is 1. The highest BCUT2D eigenvalue weighted by molar-refractivity contribution is 5.02. The fourth-order valence-corrected chi connectivity index (χ4v) is 5.32. The van der Waals surface area contributed by atoms with Gasteiger partial charge in [-0.05, 0) is 75.2 Å². The SMILES string of the molecule is CNC(CO)CC12CC3CC(CC(C3)C1)C2. The van der Waals surface area contributed by atoms with Crippen LogP contribution >= 0.6 is 0 Å². The molecule has 0 spiro atoms. The van der Waals surface area contributed by atoms with E-state index < -0.39 is 0 Å². The molecule has 4 fully saturated rings. The van der Waals surface area contributed by atoms with Gasteiger partial charge in [0.25, 0.3) is 0 Å². The minimum absolute atomic E-state index is 0.304. The predicted molar refractivity (Wildman–Crippen MR) is 65.2 cm³/mol. The molecule has 1 atom stereocenters. The van der Waals surface area contributed by atoms with Gasteiger partial charge in [-0.15, -0.1) is 0 Å². The zero-order valence-electron chi connectivity index (χ0n) is 10.4. The first-order valence-electron chi connectivity index (χ1n) is 7.01. The molecule has 16 heavy (non-hydrogen) atoms. The molecule has 0 aromatic carbocycles. The monoisotopic (exact) mass is 223 g/mol. The topological polar surface area (TPSA) is 32.3 Å². The Labute approximate surface area is 98.8 Å². The van der Waals surface area contributed by atoms with Gasteiger partial charge in [-0.2, -0.15) is 0 Å². The van der Waals surface area contributed by atoms with Gasteiger partial charge in [0.05, 0.1) is 6.61 Å². The van der Waals surface area contributed by atoms with Gasteiger partial charge < -0.3 is 10.4 Å². The Morgan fingerprint density at radius 2 is 1.62 bits per heavy atom. The van der Waals surface area contributed by atoms with Crippen LogP contribution in [0, 0.1) is 23.2 Å². The summed E-state index contributed by atoms with van der Waals surface area (Å²) in [5.74, 6) is 3.09. The van der Waals surface area contributed by atoms with Crippen molar-refractivity contribution in [2.45, 2.75) is 51.0 Å². The zero-order chi connectivity index (χ0) is 11.2. The molecule has 0 aliphatic heterocycles. The molecule has 0 radical (unpaired) electrons. The average Bonchev–Trinajstić information content (AvgIpc) is 2.24. The van der Waals surface area contributed by atoms with Crippen molar-refractivity contribution in [3.8, 4) is 0 Å². The molecule has 1 unspecified atom stereocenters. The van der Waals surface area contributed by atoms with Crippen molar-refractivity contribution in [3.63, 3.8) is 0 Å². The molecule has 4 rings (SSSR count). The van der Waals surface area contributed by atoms with E-state index in [9.17, 15) is 5.11 Å². The molecule has 4 bridgehead atoms. The van der Waals surface area contributed by atoms with E-state index in [1.807, 2.05) is 7.05 Å². The summed E-state index contributed by atoms with van der Waals surface area (Å²) >= 11 is 0. The molecule has 4 saturated carbocycles. The van der Waals surface area contributed by atoms with Gasteiger partial charge in [0.2, 0.25) is 0 Å². The third-order valence-electron chi connectivity index (χ3n) is 5.47. The van der Waals surface area contributed by atoms with Crippen LogP contribution in [0.5, 0.6) is 0 Å². The normalized spacial score (nSPS) is 47.2. The van der Waals surface area contributed by atoms with Crippen LogP contribution in [0.4, 0.5) is 0 Å². The van der Waals surface area contributed by atoms with Gasteiger partial charge in [0.1, 0.15) is 0 Å². The molecule has 2 heteroatoms. The van der Waals surface area contributed by atoms with Crippen molar-refractivity contribution in [3.05, 3.63) is 0 Å². The molecule has 0 aromatic rings. The number of aliphatic hydroxyl groups excluding tert-OH is 1. The Bertz CT molecular complexity index is 224. The van der Waals surface area contributed by atoms with Crippen molar-refractivity contribution >= 4 is 0 Å². The summed E-state index contributed by atoms with van der Waals surface area (Å²) < 4.78 is 0. The van der Waals surface area contributed by atoms with Crippen LogP contribution in [0.3, 0.4) is 0 Å². The minimum atomic E-state index is 0.304. The Kier molecular flexibility index (Phi) is 2.75. The maximum Gasteiger partial charge on any atom is 0.0584 e. The Morgan fingerprint density at radius 1 is 1.12 bits per heavy atom. The molecule has 4 aliphatic carbocycles. The van der Waals surface area contributed by atoms with Crippen LogP contribution in [0.25, 0.3) is 0 Å². The molecule has 92 valence electrons. The molecule has 0 heterocycles. The quantitative estimate of drug-likeness (QED) is 0.765. The van der Waals surface area contributed by atoms with E-state index in [-0.39, 0.29) is 0 Å². The highest BCUT2D eigenvalue weighted by atomic mass is 16.3. The summed E-state index contributed by atoms with van der Waals surface area (Å²) in [4.78, 5) is 0. The first-order valence-corrected chi connectivity index (χ1v) is 7.01. The lowest BCUT2D eigenvalue weighted by Crippen LogP contribution is -2.49. The maximum absolute atomic E-state index is 9.37. The van der Waals surface area contributed by atoms with Gasteiger partial charge in [0.15, 0.2) is 0 Å². The number of rotatable bonds is 4. The Hall–Kier alpha value is -0.0800. The van der Waals surface area contributed by atoms with Gasteiger partial charge in [-0.1, -0.05) is 0 Å². The summed E-state index contributed by atoms with van der Waals surface area (Å²) in [7, 11) is 1.99. The predicted octanol–water partition coefficient (Wildman–Crippen LogP) is 2.17. The summed E-state index contributed by atoms with van der Waals surface area (Å²) in [6, 6.07) is 0.330. The lowest BCUT2D eigenvalue weighted by molar-refractivity contribution is -0.0640. The van der Waals surface area contributed by atoms with E-state index >= 15 is 0 Å². The van der Waals surface area contributed by atoms with Crippen LogP contribution < -0.4 is 5.32 Å². The van der Waals surface area contributed by atoms with Crippen LogP contribution in [0.1, 0.15) is 44.9 Å². The van der Waals surface area contributed by atoms with E-state index in [0.717, 1.165) is 17.8 Å². The number of hydrogen-bond donors (Lipinski definition) is 2. The zero-order valence-corrected chi connectivity index (χ0v) is 10.4. The Morgan fingerprint density at radius 3 is 2.00 bits per heavy atom. The number of hydrogen-bond acceptors (Lipinski definition) is 2. The van der Waals surface area contributed by atoms with Gasteiger partial charge in [0, 0.05) is 6.04 Å². The van der Waals surface area contributed by atoms with E-state index in [2.05, 4.69) is 5.32 Å². The molecule has 0 aromatic heterocycles. The summed E-state index contributed by atoms with van der Waals surface area (Å²) in [6.45, 7) is 0.304. The third-order valence-corrected chi connectivity index (χ3v) is 5.47. The van der Waals surface area contributed by atoms with Gasteiger partial charge in [-0.3, -0.25) is 0 Å². The van der Waals surface area contributed by atoms with Crippen molar-refractivity contribution < 1.29 is 5.11 Å². The molecular weight excluding hydrogens is 198 g/mol. The second-order valence-corrected chi connectivity index (χ2v) is 6.79. The van der Waals surface area contributed by atoms with Gasteiger partial charge in [-0.25, -0.2) is 0 Å². The Balaban J connectivity index is 1.73. The fraction of sp³-hybridized carbons (Fsp3) is 1.00. The molecule has 2 nitrogen and oxygen atoms in total. The summed E-state index contributed by atoms with van der Waals surface area (Å²) in [5, 5.41) is 12.6. The first-order chi connectivity index (χ1) is 7.73. The lowest BCUT2D eigenvalue weighted by Gasteiger charge is -2.57. The summed E-state index contributed by atoms with van der Waals surface area (Å²) in [5.41, 5.74) is 0.602. The second-order valence-electron chi connectivity index (χ2n) is 6.79. The molecule has 0 amide bonds. The first kappa shape index (κ1) is 11.0. The largest absolute Gasteiger partial charge is 0.395 e. The lowest BCUT2D eigenvalue weighted by atomic mass is 9.48. The van der Waals surface area contributed by atoms with E-state index in [4.69, 9.17) is 0 Å². The fourth-order valence-electron chi connectivity index (χ4n) is 5.32. The van der Waals surface area contributed by atoms with Gasteiger partial charge >= 0.3 is 0 Å². The third kappa shape index (κ3) is 1.80. The highest BCUT2D eigenvalue weighted by Crippen LogP contribution is 2.61. The minimum Gasteiger partial charge on any atom is -0.395 e. The van der Waals surface area contributed by atoms with E-state index in [1.165, 1.54) is 44.9 Å². The standard InChI is InChI=1S/C14H25NO/c1-15-13(9-16)8-14-5-10-2-11(6-14)4-12(3-10)7-14/h10-13,15-16H,2-9H2,1H3.